The first-order chi connectivity index (χ1) is 18.6. The van der Waals surface area contributed by atoms with Crippen molar-refractivity contribution in [3.8, 4) is 6.07 Å². The van der Waals surface area contributed by atoms with E-state index in [0.29, 0.717) is 11.2 Å². The third-order valence-electron chi connectivity index (χ3n) is 6.48. The average molecular weight is 558 g/mol. The van der Waals surface area contributed by atoms with E-state index in [2.05, 4.69) is 21.0 Å². The van der Waals surface area contributed by atoms with Crippen molar-refractivity contribution < 1.29 is 23.7 Å². The summed E-state index contributed by atoms with van der Waals surface area (Å²) in [6, 6.07) is 10.6. The Balaban J connectivity index is 1.63. The number of imidazole rings is 1. The summed E-state index contributed by atoms with van der Waals surface area (Å²) in [5.41, 5.74) is 0.530. The van der Waals surface area contributed by atoms with Crippen LogP contribution in [0.3, 0.4) is 0 Å². The third kappa shape index (κ3) is 6.35. The standard InChI is InChI=1S/C26H33N6O6P/c1-17(2)32(18(3)4)39(35,12-8-11-27)38-20-13-22(31-16-30-23-24(31)28-15-29-25(23)33)37-21(20)14-36-26(34)19-9-6-5-7-10-19/h5-7,9-10,15-18,20-22,35H,8,12-14H2,1-4H3/p+1/t20-,21+,22+,39?/m0/s1. The summed E-state index contributed by atoms with van der Waals surface area (Å²) < 4.78 is 21.9. The fraction of sp³-hybridized carbons (Fsp3) is 0.500. The van der Waals surface area contributed by atoms with Crippen molar-refractivity contribution in [3.63, 3.8) is 0 Å². The smallest absolute Gasteiger partial charge is 0.347 e. The van der Waals surface area contributed by atoms with Crippen LogP contribution in [0, 0.1) is 11.3 Å². The highest BCUT2D eigenvalue weighted by Crippen LogP contribution is 2.63. The second kappa shape index (κ2) is 12.3. The quantitative estimate of drug-likeness (QED) is 0.264. The molecule has 0 spiro atoms. The Bertz CT molecular complexity index is 1360. The third-order valence-corrected chi connectivity index (χ3v) is 9.54. The van der Waals surface area contributed by atoms with E-state index < -0.39 is 32.3 Å². The molecule has 2 N–H and O–H groups in total. The number of H-pyrrole nitrogens is 1. The number of carbonyl (C=O) groups excluding carboxylic acids is 1. The lowest BCUT2D eigenvalue weighted by Crippen LogP contribution is -2.41. The Morgan fingerprint density at radius 3 is 2.67 bits per heavy atom. The number of carbonyl (C=O) groups is 1. The van der Waals surface area contributed by atoms with Crippen molar-refractivity contribution >= 4 is 25.0 Å². The first-order valence-electron chi connectivity index (χ1n) is 12.9. The van der Waals surface area contributed by atoms with Crippen LogP contribution < -0.4 is 5.56 Å². The maximum absolute atomic E-state index is 12.7. The lowest BCUT2D eigenvalue weighted by molar-refractivity contribution is -0.0493. The van der Waals surface area contributed by atoms with Gasteiger partial charge in [0, 0.05) is 18.5 Å². The molecule has 2 aromatic heterocycles. The van der Waals surface area contributed by atoms with Gasteiger partial charge < -0.3 is 14.5 Å². The van der Waals surface area contributed by atoms with Crippen molar-refractivity contribution in [2.45, 2.75) is 71.1 Å². The molecule has 3 aromatic rings. The molecule has 1 aromatic carbocycles. The van der Waals surface area contributed by atoms with E-state index in [4.69, 9.17) is 14.0 Å². The fourth-order valence-corrected chi connectivity index (χ4v) is 7.91. The molecule has 1 aliphatic rings. The first kappa shape index (κ1) is 28.8. The first-order valence-corrected chi connectivity index (χ1v) is 14.7. The average Bonchev–Trinajstić information content (AvgIpc) is 3.50. The number of aromatic nitrogens is 4. The number of nitrogens with one attached hydrogen (secondary N) is 1. The molecule has 0 amide bonds. The second-order valence-electron chi connectivity index (χ2n) is 9.89. The summed E-state index contributed by atoms with van der Waals surface area (Å²) in [5.74, 6) is -0.511. The second-order valence-corrected chi connectivity index (χ2v) is 12.3. The van der Waals surface area contributed by atoms with Gasteiger partial charge in [0.2, 0.25) is 0 Å². The van der Waals surface area contributed by atoms with Crippen molar-refractivity contribution in [2.24, 2.45) is 0 Å². The number of esters is 1. The molecule has 12 nitrogen and oxygen atoms in total. The van der Waals surface area contributed by atoms with Crippen LogP contribution in [0.25, 0.3) is 11.2 Å². The van der Waals surface area contributed by atoms with Crippen LogP contribution in [-0.2, 0) is 14.0 Å². The van der Waals surface area contributed by atoms with Crippen LogP contribution in [-0.4, -0.2) is 72.1 Å². The SMILES string of the molecule is CC(C)N(C(C)C)[P+](O)(CCC#N)O[C@H]1C[C@H](n2cnc3c(=O)[nH]cnc32)O[C@@H]1COC(=O)c1ccccc1. The minimum Gasteiger partial charge on any atom is -0.459 e. The molecule has 4 atom stereocenters. The van der Waals surface area contributed by atoms with Gasteiger partial charge in [0.15, 0.2) is 11.2 Å². The lowest BCUT2D eigenvalue weighted by Gasteiger charge is -2.36. The Labute approximate surface area is 227 Å². The molecule has 3 heterocycles. The van der Waals surface area contributed by atoms with Crippen molar-refractivity contribution in [1.82, 2.24) is 24.2 Å². The lowest BCUT2D eigenvalue weighted by atomic mass is 10.2. The maximum Gasteiger partial charge on any atom is 0.347 e. The van der Waals surface area contributed by atoms with E-state index in [1.54, 1.807) is 34.9 Å². The van der Waals surface area contributed by atoms with Crippen LogP contribution >= 0.6 is 7.87 Å². The molecule has 208 valence electrons. The summed E-state index contributed by atoms with van der Waals surface area (Å²) in [4.78, 5) is 47.7. The monoisotopic (exact) mass is 557 g/mol. The minimum atomic E-state index is -3.26. The zero-order valence-electron chi connectivity index (χ0n) is 22.4. The zero-order chi connectivity index (χ0) is 28.2. The molecule has 0 aliphatic carbocycles. The van der Waals surface area contributed by atoms with Crippen LogP contribution in [0.15, 0.2) is 47.8 Å². The highest BCUT2D eigenvalue weighted by Gasteiger charge is 2.54. The van der Waals surface area contributed by atoms with Crippen LogP contribution in [0.5, 0.6) is 0 Å². The summed E-state index contributed by atoms with van der Waals surface area (Å²) in [7, 11) is -3.26. The predicted molar refractivity (Wildman–Crippen MR) is 145 cm³/mol. The highest BCUT2D eigenvalue weighted by molar-refractivity contribution is 7.63. The van der Waals surface area contributed by atoms with E-state index >= 15 is 0 Å². The van der Waals surface area contributed by atoms with Gasteiger partial charge in [0.05, 0.1) is 30.7 Å². The number of nitriles is 1. The fourth-order valence-electron chi connectivity index (χ4n) is 4.97. The number of ether oxygens (including phenoxy) is 2. The van der Waals surface area contributed by atoms with E-state index in [9.17, 15) is 19.7 Å². The molecule has 13 heteroatoms. The summed E-state index contributed by atoms with van der Waals surface area (Å²) in [6.07, 6.45) is 1.23. The zero-order valence-corrected chi connectivity index (χ0v) is 23.3. The number of hydrogen-bond donors (Lipinski definition) is 2. The molecule has 0 bridgehead atoms. The van der Waals surface area contributed by atoms with Crippen molar-refractivity contribution in [2.75, 3.05) is 12.8 Å². The van der Waals surface area contributed by atoms with Crippen molar-refractivity contribution in [3.05, 3.63) is 58.9 Å². The molecule has 1 fully saturated rings. The normalized spacial score (nSPS) is 20.9. The molecule has 0 saturated carbocycles. The van der Waals surface area contributed by atoms with Gasteiger partial charge in [-0.25, -0.2) is 19.7 Å². The maximum atomic E-state index is 12.7. The minimum absolute atomic E-state index is 0.0528. The van der Waals surface area contributed by atoms with Gasteiger partial charge in [-0.15, -0.1) is 4.67 Å². The Morgan fingerprint density at radius 1 is 1.28 bits per heavy atom. The molecule has 1 aliphatic heterocycles. The molecule has 1 saturated heterocycles. The number of hydrogen-bond acceptors (Lipinski definition) is 10. The summed E-state index contributed by atoms with van der Waals surface area (Å²) in [5, 5.41) is 9.30. The molecular formula is C26H34N6O6P+. The molecule has 4 rings (SSSR count). The van der Waals surface area contributed by atoms with Gasteiger partial charge in [0.1, 0.15) is 31.2 Å². The molecule has 1 unspecified atom stereocenters. The topological polar surface area (TPSA) is 156 Å². The Kier molecular flexibility index (Phi) is 9.10. The van der Waals surface area contributed by atoms with Crippen LogP contribution in [0.2, 0.25) is 0 Å². The summed E-state index contributed by atoms with van der Waals surface area (Å²) >= 11 is 0. The van der Waals surface area contributed by atoms with Gasteiger partial charge in [-0.3, -0.25) is 9.36 Å². The summed E-state index contributed by atoms with van der Waals surface area (Å²) in [6.45, 7) is 7.74. The largest absolute Gasteiger partial charge is 0.459 e. The number of benzene rings is 1. The van der Waals surface area contributed by atoms with Gasteiger partial charge in [0.25, 0.3) is 5.56 Å². The van der Waals surface area contributed by atoms with Crippen LogP contribution in [0.4, 0.5) is 0 Å². The number of rotatable bonds is 11. The Hall–Kier alpha value is -3.20. The number of aromatic amines is 1. The predicted octanol–water partition coefficient (Wildman–Crippen LogP) is 3.44. The van der Waals surface area contributed by atoms with Crippen molar-refractivity contribution in [1.29, 1.82) is 5.26 Å². The van der Waals surface area contributed by atoms with Crippen LogP contribution in [0.1, 0.15) is 57.1 Å². The van der Waals surface area contributed by atoms with E-state index in [-0.39, 0.29) is 48.8 Å². The van der Waals surface area contributed by atoms with E-state index in [1.165, 1.54) is 12.7 Å². The molecule has 39 heavy (non-hydrogen) atoms. The van der Waals surface area contributed by atoms with Gasteiger partial charge in [-0.1, -0.05) is 18.2 Å². The van der Waals surface area contributed by atoms with Gasteiger partial charge >= 0.3 is 13.8 Å². The van der Waals surface area contributed by atoms with E-state index in [0.717, 1.165) is 0 Å². The van der Waals surface area contributed by atoms with E-state index in [1.807, 2.05) is 32.4 Å². The van der Waals surface area contributed by atoms with Gasteiger partial charge in [-0.2, -0.15) is 9.79 Å². The Morgan fingerprint density at radius 2 is 2.00 bits per heavy atom. The highest BCUT2D eigenvalue weighted by atomic mass is 31.2. The number of fused-ring (bicyclic) bond motifs is 1. The van der Waals surface area contributed by atoms with Gasteiger partial charge in [-0.05, 0) is 39.8 Å². The molecule has 0 radical (unpaired) electrons. The number of nitrogens with zero attached hydrogens (tertiary/aromatic N) is 5. The molecular weight excluding hydrogens is 523 g/mol.